The van der Waals surface area contributed by atoms with Crippen LogP contribution < -0.4 is 20.5 Å². The maximum absolute atomic E-state index is 12.0. The average molecular weight is 359 g/mol. The molecule has 0 spiro atoms. The number of halogens is 1. The van der Waals surface area contributed by atoms with Crippen molar-refractivity contribution in [2.45, 2.75) is 52.6 Å². The molecule has 2 atom stereocenters. The molecule has 0 bridgehead atoms. The Kier molecular flexibility index (Phi) is 10.5. The number of nitrogens with one attached hydrogen (secondary N) is 1. The van der Waals surface area contributed by atoms with E-state index in [0.717, 1.165) is 12.0 Å². The maximum Gasteiger partial charge on any atom is 0.237 e. The number of ether oxygens (including phenoxy) is 2. The Labute approximate surface area is 151 Å². The van der Waals surface area contributed by atoms with Crippen molar-refractivity contribution in [3.63, 3.8) is 0 Å². The Bertz CT molecular complexity index is 509. The predicted octanol–water partition coefficient (Wildman–Crippen LogP) is 3.46. The third-order valence-electron chi connectivity index (χ3n) is 3.56. The first-order valence-corrected chi connectivity index (χ1v) is 8.25. The van der Waals surface area contributed by atoms with Gasteiger partial charge in [-0.05, 0) is 37.0 Å². The zero-order chi connectivity index (χ0) is 17.4. The number of methoxy groups -OCH3 is 1. The van der Waals surface area contributed by atoms with Crippen molar-refractivity contribution >= 4 is 18.3 Å². The van der Waals surface area contributed by atoms with Crippen LogP contribution in [-0.2, 0) is 4.79 Å². The normalized spacial score (nSPS) is 13.0. The van der Waals surface area contributed by atoms with Gasteiger partial charge < -0.3 is 20.5 Å². The molecule has 3 N–H and O–H groups in total. The van der Waals surface area contributed by atoms with Gasteiger partial charge in [-0.25, -0.2) is 0 Å². The fraction of sp³-hybridized carbons (Fsp3) is 0.611. The first kappa shape index (κ1) is 22.5. The van der Waals surface area contributed by atoms with E-state index in [-0.39, 0.29) is 24.4 Å². The number of rotatable bonds is 9. The van der Waals surface area contributed by atoms with Gasteiger partial charge in [0.05, 0.1) is 25.8 Å². The highest BCUT2D eigenvalue weighted by Crippen LogP contribution is 2.30. The van der Waals surface area contributed by atoms with Gasteiger partial charge in [-0.15, -0.1) is 12.4 Å². The van der Waals surface area contributed by atoms with Crippen LogP contribution in [0.2, 0.25) is 0 Å². The van der Waals surface area contributed by atoms with Crippen LogP contribution in [-0.4, -0.2) is 25.7 Å². The predicted molar refractivity (Wildman–Crippen MR) is 100 cm³/mol. The van der Waals surface area contributed by atoms with E-state index in [1.807, 2.05) is 32.0 Å². The molecule has 138 valence electrons. The number of amides is 1. The van der Waals surface area contributed by atoms with Crippen LogP contribution in [0.3, 0.4) is 0 Å². The molecule has 0 fully saturated rings. The maximum atomic E-state index is 12.0. The van der Waals surface area contributed by atoms with Gasteiger partial charge in [-0.3, -0.25) is 4.79 Å². The lowest BCUT2D eigenvalue weighted by molar-refractivity contribution is -0.123. The van der Waals surface area contributed by atoms with Gasteiger partial charge in [0, 0.05) is 0 Å². The Morgan fingerprint density at radius 3 is 2.46 bits per heavy atom. The molecule has 0 heterocycles. The molecule has 0 aliphatic heterocycles. The van der Waals surface area contributed by atoms with E-state index < -0.39 is 6.04 Å². The molecule has 0 aromatic heterocycles. The number of benzene rings is 1. The minimum atomic E-state index is -0.460. The smallest absolute Gasteiger partial charge is 0.237 e. The first-order chi connectivity index (χ1) is 10.9. The number of nitrogens with two attached hydrogens (primary N) is 1. The summed E-state index contributed by atoms with van der Waals surface area (Å²) in [6, 6.07) is 5.11. The van der Waals surface area contributed by atoms with Gasteiger partial charge in [0.1, 0.15) is 0 Å². The molecule has 1 aromatic carbocycles. The van der Waals surface area contributed by atoms with E-state index >= 15 is 0 Å². The molecule has 0 aliphatic carbocycles. The SMILES string of the molecule is CCCC(N)C(=O)NC(C)c1ccc(OCC(C)C)c(OC)c1.Cl. The van der Waals surface area contributed by atoms with Gasteiger partial charge in [0.25, 0.3) is 0 Å². The van der Waals surface area contributed by atoms with Crippen molar-refractivity contribution in [2.75, 3.05) is 13.7 Å². The van der Waals surface area contributed by atoms with Crippen molar-refractivity contribution in [3.05, 3.63) is 23.8 Å². The minimum Gasteiger partial charge on any atom is -0.493 e. The van der Waals surface area contributed by atoms with E-state index in [0.29, 0.717) is 30.4 Å². The summed E-state index contributed by atoms with van der Waals surface area (Å²) in [5.41, 5.74) is 6.80. The molecule has 1 rings (SSSR count). The molecule has 2 unspecified atom stereocenters. The largest absolute Gasteiger partial charge is 0.493 e. The van der Waals surface area contributed by atoms with Crippen molar-refractivity contribution in [1.82, 2.24) is 5.32 Å². The second-order valence-electron chi connectivity index (χ2n) is 6.24. The fourth-order valence-electron chi connectivity index (χ4n) is 2.18. The summed E-state index contributed by atoms with van der Waals surface area (Å²) in [6.45, 7) is 8.77. The molecule has 0 aliphatic rings. The number of carbonyl (C=O) groups is 1. The van der Waals surface area contributed by atoms with E-state index in [2.05, 4.69) is 19.2 Å². The summed E-state index contributed by atoms with van der Waals surface area (Å²) in [7, 11) is 1.61. The molecule has 6 heteroatoms. The van der Waals surface area contributed by atoms with E-state index in [1.54, 1.807) is 7.11 Å². The van der Waals surface area contributed by atoms with Crippen LogP contribution >= 0.6 is 12.4 Å². The van der Waals surface area contributed by atoms with Gasteiger partial charge in [-0.2, -0.15) is 0 Å². The topological polar surface area (TPSA) is 73.6 Å². The molecule has 1 amide bonds. The summed E-state index contributed by atoms with van der Waals surface area (Å²) in [5.74, 6) is 1.70. The summed E-state index contributed by atoms with van der Waals surface area (Å²) in [5, 5.41) is 2.94. The number of hydrogen-bond acceptors (Lipinski definition) is 4. The molecule has 24 heavy (non-hydrogen) atoms. The highest BCUT2D eigenvalue weighted by Gasteiger charge is 2.17. The number of carbonyl (C=O) groups excluding carboxylic acids is 1. The quantitative estimate of drug-likeness (QED) is 0.709. The van der Waals surface area contributed by atoms with Crippen LogP contribution in [0, 0.1) is 5.92 Å². The highest BCUT2D eigenvalue weighted by molar-refractivity contribution is 5.85. The Morgan fingerprint density at radius 1 is 1.25 bits per heavy atom. The first-order valence-electron chi connectivity index (χ1n) is 8.25. The summed E-state index contributed by atoms with van der Waals surface area (Å²) >= 11 is 0. The standard InChI is InChI=1S/C18H30N2O3.ClH/c1-6-7-15(19)18(21)20-13(4)14-8-9-16(17(10-14)22-5)23-11-12(2)3;/h8-10,12-13,15H,6-7,11,19H2,1-5H3,(H,20,21);1H. The monoisotopic (exact) mass is 358 g/mol. The van der Waals surface area contributed by atoms with E-state index in [4.69, 9.17) is 15.2 Å². The number of hydrogen-bond donors (Lipinski definition) is 2. The molecule has 0 saturated carbocycles. The van der Waals surface area contributed by atoms with E-state index in [1.165, 1.54) is 0 Å². The summed E-state index contributed by atoms with van der Waals surface area (Å²) in [4.78, 5) is 12.0. The molecular weight excluding hydrogens is 328 g/mol. The molecular formula is C18H31ClN2O3. The van der Waals surface area contributed by atoms with Crippen molar-refractivity contribution in [1.29, 1.82) is 0 Å². The van der Waals surface area contributed by atoms with Gasteiger partial charge >= 0.3 is 0 Å². The fourth-order valence-corrected chi connectivity index (χ4v) is 2.18. The van der Waals surface area contributed by atoms with Crippen molar-refractivity contribution in [3.8, 4) is 11.5 Å². The van der Waals surface area contributed by atoms with E-state index in [9.17, 15) is 4.79 Å². The van der Waals surface area contributed by atoms with Gasteiger partial charge in [0.2, 0.25) is 5.91 Å². The minimum absolute atomic E-state index is 0. The summed E-state index contributed by atoms with van der Waals surface area (Å²) < 4.78 is 11.1. The van der Waals surface area contributed by atoms with Gasteiger partial charge in [0.15, 0.2) is 11.5 Å². The van der Waals surface area contributed by atoms with Crippen LogP contribution in [0.25, 0.3) is 0 Å². The summed E-state index contributed by atoms with van der Waals surface area (Å²) in [6.07, 6.45) is 1.57. The van der Waals surface area contributed by atoms with Gasteiger partial charge in [-0.1, -0.05) is 33.3 Å². The third kappa shape index (κ3) is 6.97. The lowest BCUT2D eigenvalue weighted by Crippen LogP contribution is -2.41. The lowest BCUT2D eigenvalue weighted by Gasteiger charge is -2.19. The highest BCUT2D eigenvalue weighted by atomic mass is 35.5. The van der Waals surface area contributed by atoms with Crippen LogP contribution in [0.15, 0.2) is 18.2 Å². The zero-order valence-corrected chi connectivity index (χ0v) is 16.1. The van der Waals surface area contributed by atoms with Crippen LogP contribution in [0.4, 0.5) is 0 Å². The Balaban J connectivity index is 0.00000529. The second kappa shape index (κ2) is 11.2. The second-order valence-corrected chi connectivity index (χ2v) is 6.24. The van der Waals surface area contributed by atoms with Crippen molar-refractivity contribution < 1.29 is 14.3 Å². The van der Waals surface area contributed by atoms with Crippen molar-refractivity contribution in [2.24, 2.45) is 11.7 Å². The average Bonchev–Trinajstić information content (AvgIpc) is 2.52. The molecule has 1 aromatic rings. The zero-order valence-electron chi connectivity index (χ0n) is 15.3. The third-order valence-corrected chi connectivity index (χ3v) is 3.56. The Hall–Kier alpha value is -1.46. The molecule has 0 saturated heterocycles. The molecule has 0 radical (unpaired) electrons. The Morgan fingerprint density at radius 2 is 1.92 bits per heavy atom. The van der Waals surface area contributed by atoms with Crippen LogP contribution in [0.1, 0.15) is 52.1 Å². The lowest BCUT2D eigenvalue weighted by atomic mass is 10.1. The van der Waals surface area contributed by atoms with Crippen LogP contribution in [0.5, 0.6) is 11.5 Å². The molecule has 5 nitrogen and oxygen atoms in total.